The molecule has 0 heteroatoms. The minimum absolute atomic E-state index is 0.654. The first kappa shape index (κ1) is 13.8. The van der Waals surface area contributed by atoms with Crippen molar-refractivity contribution in [3.05, 3.63) is 59.7 Å². The topological polar surface area (TPSA) is 0 Å². The van der Waals surface area contributed by atoms with E-state index in [0.29, 0.717) is 5.92 Å². The summed E-state index contributed by atoms with van der Waals surface area (Å²) in [6.07, 6.45) is 10.2. The van der Waals surface area contributed by atoms with Gasteiger partial charge in [-0.25, -0.2) is 0 Å². The van der Waals surface area contributed by atoms with Gasteiger partial charge in [0.05, 0.1) is 0 Å². The normalized spacial score (nSPS) is 22.6. The van der Waals surface area contributed by atoms with E-state index in [9.17, 15) is 0 Å². The van der Waals surface area contributed by atoms with Gasteiger partial charge in [0.25, 0.3) is 0 Å². The third-order valence-corrected chi connectivity index (χ3v) is 3.12. The van der Waals surface area contributed by atoms with Crippen LogP contribution >= 0.6 is 0 Å². The zero-order valence-corrected chi connectivity index (χ0v) is 11.5. The van der Waals surface area contributed by atoms with Crippen LogP contribution in [0.2, 0.25) is 0 Å². The Morgan fingerprint density at radius 3 is 2.29 bits per heavy atom. The lowest BCUT2D eigenvalue weighted by Gasteiger charge is -2.15. The molecule has 0 aliphatic heterocycles. The molecule has 17 heavy (non-hydrogen) atoms. The van der Waals surface area contributed by atoms with Gasteiger partial charge in [0.2, 0.25) is 0 Å². The molecule has 0 spiro atoms. The number of benzene rings is 1. The number of hydrogen-bond donors (Lipinski definition) is 0. The van der Waals surface area contributed by atoms with Crippen molar-refractivity contribution in [2.24, 2.45) is 5.92 Å². The average molecular weight is 228 g/mol. The van der Waals surface area contributed by atoms with Crippen molar-refractivity contribution in [1.82, 2.24) is 0 Å². The molecule has 0 fully saturated rings. The standard InChI is InChI=1S/C13H12.2C2H6/c1-3-7-12-10(5-1)9-11-6-2-4-8-13(11)12;2*1-2/h1-8,10,12H,9H2;2*1-2H3. The Labute approximate surface area is 106 Å². The number of allylic oxidation sites excluding steroid dienone is 4. The molecule has 2 aliphatic carbocycles. The van der Waals surface area contributed by atoms with Gasteiger partial charge in [0.1, 0.15) is 0 Å². The largest absolute Gasteiger partial charge is 0.0802 e. The zero-order chi connectivity index (χ0) is 12.7. The summed E-state index contributed by atoms with van der Waals surface area (Å²) in [6, 6.07) is 8.82. The molecule has 0 nitrogen and oxygen atoms in total. The SMILES string of the molecule is C1=CC2Cc3ccccc3C2C=C1.CC.CC. The van der Waals surface area contributed by atoms with Crippen LogP contribution in [0, 0.1) is 5.92 Å². The van der Waals surface area contributed by atoms with Crippen LogP contribution in [0.15, 0.2) is 48.6 Å². The van der Waals surface area contributed by atoms with Crippen LogP contribution < -0.4 is 0 Å². The van der Waals surface area contributed by atoms with Crippen LogP contribution in [-0.2, 0) is 6.42 Å². The predicted octanol–water partition coefficient (Wildman–Crippen LogP) is 5.12. The summed E-state index contributed by atoms with van der Waals surface area (Å²) in [6.45, 7) is 8.00. The first-order chi connectivity index (χ1) is 8.45. The molecule has 0 heterocycles. The highest BCUT2D eigenvalue weighted by Gasteiger charge is 2.29. The maximum Gasteiger partial charge on any atom is 0.00899 e. The van der Waals surface area contributed by atoms with Gasteiger partial charge in [0, 0.05) is 5.92 Å². The summed E-state index contributed by atoms with van der Waals surface area (Å²) in [5, 5.41) is 0. The molecule has 0 amide bonds. The lowest BCUT2D eigenvalue weighted by molar-refractivity contribution is 0.630. The van der Waals surface area contributed by atoms with Gasteiger partial charge in [-0.15, -0.1) is 0 Å². The Morgan fingerprint density at radius 1 is 0.882 bits per heavy atom. The molecule has 3 rings (SSSR count). The number of fused-ring (bicyclic) bond motifs is 3. The molecule has 0 saturated heterocycles. The van der Waals surface area contributed by atoms with E-state index in [2.05, 4.69) is 48.6 Å². The van der Waals surface area contributed by atoms with Gasteiger partial charge in [-0.1, -0.05) is 76.3 Å². The van der Waals surface area contributed by atoms with Crippen molar-refractivity contribution >= 4 is 0 Å². The monoisotopic (exact) mass is 228 g/mol. The van der Waals surface area contributed by atoms with Crippen molar-refractivity contribution in [1.29, 1.82) is 0 Å². The fraction of sp³-hybridized carbons (Fsp3) is 0.412. The van der Waals surface area contributed by atoms with Gasteiger partial charge in [-0.05, 0) is 23.5 Å². The summed E-state index contributed by atoms with van der Waals surface area (Å²) in [5.41, 5.74) is 3.07. The van der Waals surface area contributed by atoms with Gasteiger partial charge in [0.15, 0.2) is 0 Å². The van der Waals surface area contributed by atoms with E-state index in [1.54, 1.807) is 0 Å². The summed E-state index contributed by atoms with van der Waals surface area (Å²) in [7, 11) is 0. The number of rotatable bonds is 0. The van der Waals surface area contributed by atoms with Gasteiger partial charge < -0.3 is 0 Å². The highest BCUT2D eigenvalue weighted by molar-refractivity contribution is 5.42. The molecular weight excluding hydrogens is 204 g/mol. The second-order valence-electron chi connectivity index (χ2n) is 3.86. The Balaban J connectivity index is 0.000000330. The van der Waals surface area contributed by atoms with E-state index in [1.165, 1.54) is 17.5 Å². The van der Waals surface area contributed by atoms with Gasteiger partial charge in [-0.3, -0.25) is 0 Å². The average Bonchev–Trinajstić information content (AvgIpc) is 2.82. The molecule has 2 aliphatic rings. The lowest BCUT2D eigenvalue weighted by Crippen LogP contribution is -2.03. The Kier molecular flexibility index (Phi) is 5.76. The van der Waals surface area contributed by atoms with E-state index in [-0.39, 0.29) is 0 Å². The van der Waals surface area contributed by atoms with Crippen LogP contribution in [0.4, 0.5) is 0 Å². The van der Waals surface area contributed by atoms with Crippen molar-refractivity contribution in [3.63, 3.8) is 0 Å². The molecule has 1 aromatic rings. The summed E-state index contributed by atoms with van der Waals surface area (Å²) < 4.78 is 0. The van der Waals surface area contributed by atoms with Crippen molar-refractivity contribution in [2.45, 2.75) is 40.0 Å². The first-order valence-corrected chi connectivity index (χ1v) is 6.88. The molecule has 0 N–H and O–H groups in total. The highest BCUT2D eigenvalue weighted by Crippen LogP contribution is 2.40. The molecule has 1 aromatic carbocycles. The van der Waals surface area contributed by atoms with Crippen molar-refractivity contribution < 1.29 is 0 Å². The molecule has 0 aromatic heterocycles. The van der Waals surface area contributed by atoms with E-state index in [0.717, 1.165) is 5.92 Å². The summed E-state index contributed by atoms with van der Waals surface area (Å²) in [5.74, 6) is 1.38. The molecule has 2 atom stereocenters. The predicted molar refractivity (Wildman–Crippen MR) is 77.4 cm³/mol. The molecule has 0 radical (unpaired) electrons. The Morgan fingerprint density at radius 2 is 1.53 bits per heavy atom. The molecule has 2 unspecified atom stereocenters. The van der Waals surface area contributed by atoms with E-state index >= 15 is 0 Å². The smallest absolute Gasteiger partial charge is 0.00899 e. The Hall–Kier alpha value is -1.30. The van der Waals surface area contributed by atoms with Gasteiger partial charge >= 0.3 is 0 Å². The van der Waals surface area contributed by atoms with Crippen LogP contribution in [0.1, 0.15) is 44.7 Å². The number of hydrogen-bond acceptors (Lipinski definition) is 0. The molecule has 92 valence electrons. The second kappa shape index (κ2) is 7.11. The van der Waals surface area contributed by atoms with Crippen molar-refractivity contribution in [3.8, 4) is 0 Å². The quantitative estimate of drug-likeness (QED) is 0.578. The van der Waals surface area contributed by atoms with E-state index in [1.807, 2.05) is 27.7 Å². The molecule has 0 saturated carbocycles. The third kappa shape index (κ3) is 2.88. The fourth-order valence-corrected chi connectivity index (χ4v) is 2.48. The van der Waals surface area contributed by atoms with E-state index in [4.69, 9.17) is 0 Å². The summed E-state index contributed by atoms with van der Waals surface area (Å²) in [4.78, 5) is 0. The second-order valence-corrected chi connectivity index (χ2v) is 3.86. The summed E-state index contributed by atoms with van der Waals surface area (Å²) >= 11 is 0. The van der Waals surface area contributed by atoms with Crippen LogP contribution in [0.25, 0.3) is 0 Å². The Bertz CT molecular complexity index is 385. The van der Waals surface area contributed by atoms with Crippen molar-refractivity contribution in [2.75, 3.05) is 0 Å². The zero-order valence-electron chi connectivity index (χ0n) is 11.5. The van der Waals surface area contributed by atoms with E-state index < -0.39 is 0 Å². The van der Waals surface area contributed by atoms with Crippen LogP contribution in [0.3, 0.4) is 0 Å². The van der Waals surface area contributed by atoms with Gasteiger partial charge in [-0.2, -0.15) is 0 Å². The minimum atomic E-state index is 0.654. The lowest BCUT2D eigenvalue weighted by atomic mass is 9.89. The maximum absolute atomic E-state index is 2.34. The third-order valence-electron chi connectivity index (χ3n) is 3.12. The minimum Gasteiger partial charge on any atom is -0.0802 e. The maximum atomic E-state index is 2.34. The highest BCUT2D eigenvalue weighted by atomic mass is 14.3. The molecular formula is C17H24. The fourth-order valence-electron chi connectivity index (χ4n) is 2.48. The molecule has 0 bridgehead atoms. The van der Waals surface area contributed by atoms with Crippen LogP contribution in [-0.4, -0.2) is 0 Å². The van der Waals surface area contributed by atoms with Crippen LogP contribution in [0.5, 0.6) is 0 Å². The first-order valence-electron chi connectivity index (χ1n) is 6.88.